The van der Waals surface area contributed by atoms with Crippen LogP contribution in [-0.4, -0.2) is 19.6 Å². The predicted octanol–water partition coefficient (Wildman–Crippen LogP) is 4.43. The molecule has 19 heavy (non-hydrogen) atoms. The standard InChI is InChI=1S/C16H27BrN2/c1-5-9-19(6-2)16-8-7-15(17)10-14(16)12-18-11-13(3)4/h7-8,10,13,18H,5-6,9,11-12H2,1-4H3. The van der Waals surface area contributed by atoms with Crippen molar-refractivity contribution < 1.29 is 0 Å². The van der Waals surface area contributed by atoms with Gasteiger partial charge in [-0.1, -0.05) is 36.7 Å². The van der Waals surface area contributed by atoms with Crippen molar-refractivity contribution in [3.8, 4) is 0 Å². The summed E-state index contributed by atoms with van der Waals surface area (Å²) in [6.45, 7) is 13.1. The van der Waals surface area contributed by atoms with E-state index < -0.39 is 0 Å². The van der Waals surface area contributed by atoms with Crippen molar-refractivity contribution in [2.24, 2.45) is 5.92 Å². The van der Waals surface area contributed by atoms with Crippen LogP contribution in [0.2, 0.25) is 0 Å². The molecular formula is C16H27BrN2. The Morgan fingerprint density at radius 2 is 2.00 bits per heavy atom. The molecule has 0 bridgehead atoms. The van der Waals surface area contributed by atoms with Crippen molar-refractivity contribution >= 4 is 21.6 Å². The number of nitrogens with one attached hydrogen (secondary N) is 1. The maximum absolute atomic E-state index is 3.58. The second-order valence-electron chi connectivity index (χ2n) is 5.38. The van der Waals surface area contributed by atoms with Gasteiger partial charge in [-0.05, 0) is 49.6 Å². The van der Waals surface area contributed by atoms with E-state index >= 15 is 0 Å². The van der Waals surface area contributed by atoms with E-state index in [4.69, 9.17) is 0 Å². The van der Waals surface area contributed by atoms with Gasteiger partial charge in [-0.2, -0.15) is 0 Å². The van der Waals surface area contributed by atoms with Gasteiger partial charge in [0.1, 0.15) is 0 Å². The topological polar surface area (TPSA) is 15.3 Å². The van der Waals surface area contributed by atoms with Gasteiger partial charge >= 0.3 is 0 Å². The molecule has 1 aromatic carbocycles. The van der Waals surface area contributed by atoms with E-state index in [1.807, 2.05) is 0 Å². The third-order valence-electron chi connectivity index (χ3n) is 3.13. The molecule has 0 radical (unpaired) electrons. The fourth-order valence-corrected chi connectivity index (χ4v) is 2.63. The minimum absolute atomic E-state index is 0.688. The number of rotatable bonds is 8. The maximum atomic E-state index is 3.58. The second kappa shape index (κ2) is 8.60. The van der Waals surface area contributed by atoms with Crippen LogP contribution in [0.1, 0.15) is 39.7 Å². The normalized spacial score (nSPS) is 11.1. The molecule has 0 fully saturated rings. The van der Waals surface area contributed by atoms with Crippen LogP contribution in [0.5, 0.6) is 0 Å². The Hall–Kier alpha value is -0.540. The average Bonchev–Trinajstić information content (AvgIpc) is 2.36. The summed E-state index contributed by atoms with van der Waals surface area (Å²) in [5.74, 6) is 0.688. The number of anilines is 1. The summed E-state index contributed by atoms with van der Waals surface area (Å²) in [4.78, 5) is 2.46. The van der Waals surface area contributed by atoms with Crippen LogP contribution in [0, 0.1) is 5.92 Å². The SMILES string of the molecule is CCCN(CC)c1ccc(Br)cc1CNCC(C)C. The summed E-state index contributed by atoms with van der Waals surface area (Å²) >= 11 is 3.58. The molecule has 108 valence electrons. The maximum Gasteiger partial charge on any atom is 0.0412 e. The molecule has 3 heteroatoms. The number of halogens is 1. The fourth-order valence-electron chi connectivity index (χ4n) is 2.22. The van der Waals surface area contributed by atoms with Crippen molar-refractivity contribution in [3.05, 3.63) is 28.2 Å². The zero-order valence-corrected chi connectivity index (χ0v) is 14.3. The minimum atomic E-state index is 0.688. The summed E-state index contributed by atoms with van der Waals surface area (Å²) in [6.07, 6.45) is 1.18. The highest BCUT2D eigenvalue weighted by molar-refractivity contribution is 9.10. The molecule has 0 spiro atoms. The molecule has 0 unspecified atom stereocenters. The van der Waals surface area contributed by atoms with Crippen molar-refractivity contribution in [2.75, 3.05) is 24.5 Å². The molecule has 0 amide bonds. The predicted molar refractivity (Wildman–Crippen MR) is 88.9 cm³/mol. The Labute approximate surface area is 126 Å². The molecule has 0 aliphatic rings. The molecule has 0 saturated heterocycles. The van der Waals surface area contributed by atoms with E-state index in [-0.39, 0.29) is 0 Å². The van der Waals surface area contributed by atoms with Crippen LogP contribution in [0.25, 0.3) is 0 Å². The lowest BCUT2D eigenvalue weighted by Gasteiger charge is -2.26. The van der Waals surface area contributed by atoms with E-state index in [1.165, 1.54) is 17.7 Å². The number of hydrogen-bond donors (Lipinski definition) is 1. The third kappa shape index (κ3) is 5.53. The molecule has 0 heterocycles. The zero-order valence-electron chi connectivity index (χ0n) is 12.7. The molecule has 1 N–H and O–H groups in total. The quantitative estimate of drug-likeness (QED) is 0.760. The van der Waals surface area contributed by atoms with Gasteiger partial charge in [-0.3, -0.25) is 0 Å². The van der Waals surface area contributed by atoms with Gasteiger partial charge in [0.25, 0.3) is 0 Å². The molecule has 2 nitrogen and oxygen atoms in total. The smallest absolute Gasteiger partial charge is 0.0412 e. The first-order valence-electron chi connectivity index (χ1n) is 7.32. The summed E-state index contributed by atoms with van der Waals surface area (Å²) in [5.41, 5.74) is 2.74. The largest absolute Gasteiger partial charge is 0.372 e. The summed E-state index contributed by atoms with van der Waals surface area (Å²) in [7, 11) is 0. The van der Waals surface area contributed by atoms with Gasteiger partial charge in [0.2, 0.25) is 0 Å². The zero-order chi connectivity index (χ0) is 14.3. The molecule has 1 aromatic rings. The lowest BCUT2D eigenvalue weighted by Crippen LogP contribution is -2.26. The van der Waals surface area contributed by atoms with Crippen molar-refractivity contribution in [3.63, 3.8) is 0 Å². The van der Waals surface area contributed by atoms with E-state index in [1.54, 1.807) is 0 Å². The average molecular weight is 327 g/mol. The molecule has 0 aliphatic heterocycles. The molecule has 1 rings (SSSR count). The highest BCUT2D eigenvalue weighted by Gasteiger charge is 2.09. The Morgan fingerprint density at radius 3 is 2.58 bits per heavy atom. The first-order valence-corrected chi connectivity index (χ1v) is 8.11. The summed E-state index contributed by atoms with van der Waals surface area (Å²) < 4.78 is 1.16. The molecular weight excluding hydrogens is 300 g/mol. The van der Waals surface area contributed by atoms with Gasteiger partial charge in [-0.25, -0.2) is 0 Å². The van der Waals surface area contributed by atoms with E-state index in [0.29, 0.717) is 5.92 Å². The van der Waals surface area contributed by atoms with Crippen LogP contribution in [-0.2, 0) is 6.54 Å². The highest BCUT2D eigenvalue weighted by Crippen LogP contribution is 2.25. The lowest BCUT2D eigenvalue weighted by atomic mass is 10.1. The molecule has 0 aromatic heterocycles. The van der Waals surface area contributed by atoms with Crippen molar-refractivity contribution in [1.29, 1.82) is 0 Å². The number of nitrogens with zero attached hydrogens (tertiary/aromatic N) is 1. The van der Waals surface area contributed by atoms with E-state index in [0.717, 1.165) is 30.7 Å². The fraction of sp³-hybridized carbons (Fsp3) is 0.625. The molecule has 0 atom stereocenters. The van der Waals surface area contributed by atoms with Gasteiger partial charge in [-0.15, -0.1) is 0 Å². The molecule has 0 saturated carbocycles. The monoisotopic (exact) mass is 326 g/mol. The van der Waals surface area contributed by atoms with Crippen molar-refractivity contribution in [2.45, 2.75) is 40.7 Å². The third-order valence-corrected chi connectivity index (χ3v) is 3.62. The lowest BCUT2D eigenvalue weighted by molar-refractivity contribution is 0.552. The van der Waals surface area contributed by atoms with Gasteiger partial charge in [0, 0.05) is 29.8 Å². The van der Waals surface area contributed by atoms with Crippen LogP contribution >= 0.6 is 15.9 Å². The number of hydrogen-bond acceptors (Lipinski definition) is 2. The number of benzene rings is 1. The summed E-state index contributed by atoms with van der Waals surface area (Å²) in [6, 6.07) is 6.61. The van der Waals surface area contributed by atoms with Crippen molar-refractivity contribution in [1.82, 2.24) is 5.32 Å². The first kappa shape index (κ1) is 16.5. The van der Waals surface area contributed by atoms with Gasteiger partial charge in [0.05, 0.1) is 0 Å². The molecule has 0 aliphatic carbocycles. The van der Waals surface area contributed by atoms with Gasteiger partial charge < -0.3 is 10.2 Å². The minimum Gasteiger partial charge on any atom is -0.372 e. The Kier molecular flexibility index (Phi) is 7.47. The summed E-state index contributed by atoms with van der Waals surface area (Å²) in [5, 5.41) is 3.54. The van der Waals surface area contributed by atoms with Crippen LogP contribution in [0.15, 0.2) is 22.7 Å². The Morgan fingerprint density at radius 1 is 1.26 bits per heavy atom. The van der Waals surface area contributed by atoms with E-state index in [2.05, 4.69) is 72.0 Å². The van der Waals surface area contributed by atoms with Gasteiger partial charge in [0.15, 0.2) is 0 Å². The Bertz CT molecular complexity index is 377. The van der Waals surface area contributed by atoms with E-state index in [9.17, 15) is 0 Å². The first-order chi connectivity index (χ1) is 9.08. The second-order valence-corrected chi connectivity index (χ2v) is 6.29. The van der Waals surface area contributed by atoms with Crippen LogP contribution in [0.3, 0.4) is 0 Å². The highest BCUT2D eigenvalue weighted by atomic mass is 79.9. The van der Waals surface area contributed by atoms with Crippen LogP contribution in [0.4, 0.5) is 5.69 Å². The Balaban J connectivity index is 2.83. The van der Waals surface area contributed by atoms with Crippen LogP contribution < -0.4 is 10.2 Å².